The Morgan fingerprint density at radius 2 is 1.79 bits per heavy atom. The van der Waals surface area contributed by atoms with Gasteiger partial charge in [-0.3, -0.25) is 4.79 Å². The lowest BCUT2D eigenvalue weighted by Crippen LogP contribution is -2.06. The van der Waals surface area contributed by atoms with Gasteiger partial charge in [0.2, 0.25) is 0 Å². The van der Waals surface area contributed by atoms with Crippen molar-refractivity contribution in [2.75, 3.05) is 14.2 Å². The van der Waals surface area contributed by atoms with Crippen LogP contribution in [0.15, 0.2) is 82.9 Å². The van der Waals surface area contributed by atoms with Crippen molar-refractivity contribution in [1.82, 2.24) is 0 Å². The molecule has 0 aromatic heterocycles. The Balaban J connectivity index is 2.23. The number of hydrogen-bond donors (Lipinski definition) is 0. The molecule has 0 aliphatic heterocycles. The summed E-state index contributed by atoms with van der Waals surface area (Å²) in [4.78, 5) is 11.5. The number of hydrogen-bond acceptors (Lipinski definition) is 3. The lowest BCUT2D eigenvalue weighted by atomic mass is 9.83. The first-order chi connectivity index (χ1) is 11.6. The predicted octanol–water partition coefficient (Wildman–Crippen LogP) is 4.73. The molecule has 0 unspecified atom stereocenters. The van der Waals surface area contributed by atoms with Gasteiger partial charge in [-0.05, 0) is 59.8 Å². The minimum atomic E-state index is 0.560. The Morgan fingerprint density at radius 3 is 2.38 bits per heavy atom. The molecule has 2 aliphatic rings. The summed E-state index contributed by atoms with van der Waals surface area (Å²) in [5.74, 6) is 1.56. The Bertz CT molecular complexity index is 697. The van der Waals surface area contributed by atoms with Gasteiger partial charge < -0.3 is 9.47 Å². The van der Waals surface area contributed by atoms with E-state index >= 15 is 0 Å². The highest BCUT2D eigenvalue weighted by Gasteiger charge is 2.18. The molecule has 3 nitrogen and oxygen atoms in total. The van der Waals surface area contributed by atoms with Crippen LogP contribution in [-0.2, 0) is 14.3 Å². The van der Waals surface area contributed by atoms with Crippen molar-refractivity contribution in [2.24, 2.45) is 0 Å². The number of allylic oxidation sites excluding steroid dienone is 11. The van der Waals surface area contributed by atoms with Crippen molar-refractivity contribution in [3.63, 3.8) is 0 Å². The number of ether oxygens (including phenoxy) is 2. The van der Waals surface area contributed by atoms with Crippen LogP contribution in [0.25, 0.3) is 0 Å². The number of carbonyl (C=O) groups excluding carboxylic acids is 1. The van der Waals surface area contributed by atoms with Crippen LogP contribution in [0.2, 0.25) is 0 Å². The molecule has 0 atom stereocenters. The molecule has 0 saturated carbocycles. The highest BCUT2D eigenvalue weighted by molar-refractivity contribution is 5.82. The Morgan fingerprint density at radius 1 is 1.04 bits per heavy atom. The monoisotopic (exact) mass is 324 g/mol. The molecule has 0 fully saturated rings. The SMILES string of the molecule is C=C(/C=C\C(=C)C1=C(C=O)C=C(C2=CC=C(OC)CC2)CC1)OC. The summed E-state index contributed by atoms with van der Waals surface area (Å²) >= 11 is 0. The molecule has 2 aliphatic carbocycles. The van der Waals surface area contributed by atoms with E-state index < -0.39 is 0 Å². The van der Waals surface area contributed by atoms with Gasteiger partial charge in [0, 0.05) is 12.0 Å². The predicted molar refractivity (Wildman–Crippen MR) is 97.2 cm³/mol. The second-order valence-electron chi connectivity index (χ2n) is 5.78. The van der Waals surface area contributed by atoms with Gasteiger partial charge in [0.15, 0.2) is 0 Å². The number of rotatable bonds is 7. The van der Waals surface area contributed by atoms with E-state index in [1.54, 1.807) is 20.3 Å². The highest BCUT2D eigenvalue weighted by Crippen LogP contribution is 2.34. The lowest BCUT2D eigenvalue weighted by molar-refractivity contribution is -0.104. The second kappa shape index (κ2) is 8.34. The molecule has 24 heavy (non-hydrogen) atoms. The van der Waals surface area contributed by atoms with Crippen LogP contribution in [0, 0.1) is 0 Å². The average Bonchev–Trinajstić information content (AvgIpc) is 2.65. The third-order valence-electron chi connectivity index (χ3n) is 4.36. The van der Waals surface area contributed by atoms with Gasteiger partial charge in [0.25, 0.3) is 0 Å². The fourth-order valence-corrected chi connectivity index (χ4v) is 2.87. The fourth-order valence-electron chi connectivity index (χ4n) is 2.87. The molecule has 0 heterocycles. The van der Waals surface area contributed by atoms with Crippen LogP contribution >= 0.6 is 0 Å². The average molecular weight is 324 g/mol. The van der Waals surface area contributed by atoms with Crippen molar-refractivity contribution in [3.8, 4) is 0 Å². The van der Waals surface area contributed by atoms with Crippen LogP contribution in [0.4, 0.5) is 0 Å². The summed E-state index contributed by atoms with van der Waals surface area (Å²) < 4.78 is 10.3. The largest absolute Gasteiger partial charge is 0.501 e. The summed E-state index contributed by atoms with van der Waals surface area (Å²) in [7, 11) is 3.27. The van der Waals surface area contributed by atoms with E-state index in [1.165, 1.54) is 11.1 Å². The number of aldehydes is 1. The molecular weight excluding hydrogens is 300 g/mol. The molecule has 0 N–H and O–H groups in total. The molecule has 3 heteroatoms. The van der Waals surface area contributed by atoms with E-state index in [0.717, 1.165) is 48.9 Å². The zero-order chi connectivity index (χ0) is 17.5. The maximum atomic E-state index is 11.5. The van der Waals surface area contributed by atoms with Crippen molar-refractivity contribution in [2.45, 2.75) is 25.7 Å². The molecule has 0 bridgehead atoms. The van der Waals surface area contributed by atoms with E-state index in [4.69, 9.17) is 9.47 Å². The first-order valence-corrected chi connectivity index (χ1v) is 8.02. The smallest absolute Gasteiger partial charge is 0.150 e. The van der Waals surface area contributed by atoms with Gasteiger partial charge in [0.1, 0.15) is 12.0 Å². The van der Waals surface area contributed by atoms with Crippen molar-refractivity contribution >= 4 is 6.29 Å². The summed E-state index contributed by atoms with van der Waals surface area (Å²) in [5, 5.41) is 0. The van der Waals surface area contributed by atoms with E-state index in [1.807, 2.05) is 18.2 Å². The number of carbonyl (C=O) groups is 1. The van der Waals surface area contributed by atoms with E-state index in [0.29, 0.717) is 11.3 Å². The standard InChI is InChI=1S/C21H24O3/c1-15(5-6-16(2)23-3)21-12-9-18(13-19(21)14-22)17-7-10-20(24-4)11-8-17/h5-7,10,13-14H,1-2,8-9,11-12H2,3-4H3/b6-5-. The molecule has 0 radical (unpaired) electrons. The molecule has 0 aromatic carbocycles. The molecular formula is C21H24O3. The maximum absolute atomic E-state index is 11.5. The first-order valence-electron chi connectivity index (χ1n) is 8.02. The van der Waals surface area contributed by atoms with Crippen LogP contribution in [-0.4, -0.2) is 20.5 Å². The zero-order valence-electron chi connectivity index (χ0n) is 14.4. The molecule has 0 spiro atoms. The van der Waals surface area contributed by atoms with Crippen LogP contribution in [0.1, 0.15) is 25.7 Å². The van der Waals surface area contributed by atoms with Gasteiger partial charge in [-0.1, -0.05) is 25.3 Å². The quantitative estimate of drug-likeness (QED) is 0.386. The third-order valence-corrected chi connectivity index (χ3v) is 4.36. The minimum Gasteiger partial charge on any atom is -0.501 e. The van der Waals surface area contributed by atoms with Crippen LogP contribution < -0.4 is 0 Å². The second-order valence-corrected chi connectivity index (χ2v) is 5.78. The van der Waals surface area contributed by atoms with Gasteiger partial charge in [0.05, 0.1) is 20.0 Å². The summed E-state index contributed by atoms with van der Waals surface area (Å²) in [6.45, 7) is 7.82. The maximum Gasteiger partial charge on any atom is 0.150 e. The highest BCUT2D eigenvalue weighted by atomic mass is 16.5. The van der Waals surface area contributed by atoms with Crippen LogP contribution in [0.3, 0.4) is 0 Å². The summed E-state index contributed by atoms with van der Waals surface area (Å²) in [6.07, 6.45) is 14.2. The molecule has 0 amide bonds. The van der Waals surface area contributed by atoms with E-state index in [-0.39, 0.29) is 0 Å². The van der Waals surface area contributed by atoms with Crippen molar-refractivity contribution in [3.05, 3.63) is 82.9 Å². The summed E-state index contributed by atoms with van der Waals surface area (Å²) in [5.41, 5.74) is 5.02. The minimum absolute atomic E-state index is 0.560. The fraction of sp³-hybridized carbons (Fsp3) is 0.286. The normalized spacial score (nSPS) is 17.8. The van der Waals surface area contributed by atoms with Crippen molar-refractivity contribution < 1.29 is 14.3 Å². The lowest BCUT2D eigenvalue weighted by Gasteiger charge is -2.22. The van der Waals surface area contributed by atoms with Crippen LogP contribution in [0.5, 0.6) is 0 Å². The third kappa shape index (κ3) is 4.25. The topological polar surface area (TPSA) is 35.5 Å². The Labute approximate surface area is 144 Å². The molecule has 0 aromatic rings. The Hall–Kier alpha value is -2.55. The zero-order valence-corrected chi connectivity index (χ0v) is 14.4. The van der Waals surface area contributed by atoms with Gasteiger partial charge in [-0.2, -0.15) is 0 Å². The van der Waals surface area contributed by atoms with E-state index in [9.17, 15) is 4.79 Å². The molecule has 0 saturated heterocycles. The van der Waals surface area contributed by atoms with E-state index in [2.05, 4.69) is 19.2 Å². The van der Waals surface area contributed by atoms with Crippen molar-refractivity contribution in [1.29, 1.82) is 0 Å². The molecule has 126 valence electrons. The molecule has 2 rings (SSSR count). The first kappa shape index (κ1) is 17.8. The summed E-state index contributed by atoms with van der Waals surface area (Å²) in [6, 6.07) is 0. The Kier molecular flexibility index (Phi) is 6.19. The van der Waals surface area contributed by atoms with Gasteiger partial charge >= 0.3 is 0 Å². The number of methoxy groups -OCH3 is 2. The van der Waals surface area contributed by atoms with Gasteiger partial charge in [-0.15, -0.1) is 0 Å². The van der Waals surface area contributed by atoms with Gasteiger partial charge in [-0.25, -0.2) is 0 Å².